The fraction of sp³-hybridized carbons (Fsp3) is 0.333. The molecular weight excluding hydrogens is 379 g/mol. The summed E-state index contributed by atoms with van der Waals surface area (Å²) in [5.41, 5.74) is 1.95. The molecule has 0 spiro atoms. The summed E-state index contributed by atoms with van der Waals surface area (Å²) in [5.74, 6) is -0.0669. The second-order valence-corrected chi connectivity index (χ2v) is 7.54. The van der Waals surface area contributed by atoms with E-state index in [9.17, 15) is 9.18 Å². The van der Waals surface area contributed by atoms with Crippen LogP contribution in [0.15, 0.2) is 48.7 Å². The summed E-state index contributed by atoms with van der Waals surface area (Å²) >= 11 is 6.01. The Kier molecular flexibility index (Phi) is 5.59. The van der Waals surface area contributed by atoms with Crippen LogP contribution in [-0.2, 0) is 17.9 Å². The molecule has 1 saturated heterocycles. The zero-order valence-corrected chi connectivity index (χ0v) is 16.3. The molecule has 7 heteroatoms. The van der Waals surface area contributed by atoms with Gasteiger partial charge in [-0.25, -0.2) is 4.39 Å². The quantitative estimate of drug-likeness (QED) is 0.657. The van der Waals surface area contributed by atoms with Crippen LogP contribution < -0.4 is 0 Å². The number of aryl methyl sites for hydroxylation is 1. The Morgan fingerprint density at radius 3 is 2.71 bits per heavy atom. The first-order valence-electron chi connectivity index (χ1n) is 9.44. The zero-order valence-electron chi connectivity index (χ0n) is 15.5. The highest BCUT2D eigenvalue weighted by Crippen LogP contribution is 2.19. The molecule has 0 aliphatic carbocycles. The van der Waals surface area contributed by atoms with Crippen LogP contribution in [0.3, 0.4) is 0 Å². The highest BCUT2D eigenvalue weighted by Gasteiger charge is 2.21. The summed E-state index contributed by atoms with van der Waals surface area (Å²) in [5, 5.41) is 6.03. The predicted octanol–water partition coefficient (Wildman–Crippen LogP) is 3.56. The van der Waals surface area contributed by atoms with Gasteiger partial charge < -0.3 is 4.90 Å². The van der Waals surface area contributed by atoms with Gasteiger partial charge in [0, 0.05) is 49.6 Å². The zero-order chi connectivity index (χ0) is 19.5. The summed E-state index contributed by atoms with van der Waals surface area (Å²) in [6.07, 6.45) is 2.19. The van der Waals surface area contributed by atoms with Crippen molar-refractivity contribution in [1.82, 2.24) is 19.6 Å². The third-order valence-corrected chi connectivity index (χ3v) is 5.40. The Labute approximate surface area is 168 Å². The lowest BCUT2D eigenvalue weighted by atomic mass is 10.2. The lowest BCUT2D eigenvalue weighted by molar-refractivity contribution is -0.133. The van der Waals surface area contributed by atoms with Crippen molar-refractivity contribution in [3.8, 4) is 0 Å². The van der Waals surface area contributed by atoms with Crippen LogP contribution in [0.25, 0.3) is 10.9 Å². The highest BCUT2D eigenvalue weighted by molar-refractivity contribution is 6.31. The van der Waals surface area contributed by atoms with Crippen LogP contribution >= 0.6 is 11.6 Å². The largest absolute Gasteiger partial charge is 0.340 e. The molecule has 28 heavy (non-hydrogen) atoms. The van der Waals surface area contributed by atoms with Crippen molar-refractivity contribution in [2.24, 2.45) is 0 Å². The Bertz CT molecular complexity index is 981. The average Bonchev–Trinajstić information content (AvgIpc) is 3.08. The molecule has 0 radical (unpaired) electrons. The molecule has 0 unspecified atom stereocenters. The minimum atomic E-state index is -0.209. The Morgan fingerprint density at radius 2 is 1.93 bits per heavy atom. The molecule has 3 aromatic rings. The molecule has 1 aromatic heterocycles. The highest BCUT2D eigenvalue weighted by atomic mass is 35.5. The van der Waals surface area contributed by atoms with Crippen LogP contribution in [0.5, 0.6) is 0 Å². The number of hydrogen-bond donors (Lipinski definition) is 0. The number of carbonyl (C=O) groups is 1. The molecule has 1 aliphatic heterocycles. The number of hydrogen-bond acceptors (Lipinski definition) is 3. The van der Waals surface area contributed by atoms with E-state index in [1.54, 1.807) is 18.3 Å². The van der Waals surface area contributed by atoms with Crippen molar-refractivity contribution >= 4 is 28.4 Å². The maximum atomic E-state index is 13.3. The van der Waals surface area contributed by atoms with Gasteiger partial charge in [-0.3, -0.25) is 14.4 Å². The number of aromatic nitrogens is 2. The fourth-order valence-electron chi connectivity index (χ4n) is 3.64. The Hall–Kier alpha value is -2.44. The van der Waals surface area contributed by atoms with Gasteiger partial charge in [0.05, 0.1) is 18.3 Å². The van der Waals surface area contributed by atoms with Gasteiger partial charge in [-0.2, -0.15) is 5.10 Å². The molecule has 5 nitrogen and oxygen atoms in total. The molecule has 1 fully saturated rings. The summed E-state index contributed by atoms with van der Waals surface area (Å²) in [6, 6.07) is 12.3. The molecule has 2 aromatic carbocycles. The van der Waals surface area contributed by atoms with E-state index in [2.05, 4.69) is 10.00 Å². The van der Waals surface area contributed by atoms with E-state index in [1.807, 2.05) is 33.8 Å². The van der Waals surface area contributed by atoms with Crippen LogP contribution in [0.4, 0.5) is 4.39 Å². The third-order valence-electron chi connectivity index (χ3n) is 5.16. The fourth-order valence-corrected chi connectivity index (χ4v) is 3.83. The van der Waals surface area contributed by atoms with E-state index in [0.29, 0.717) is 37.6 Å². The summed E-state index contributed by atoms with van der Waals surface area (Å²) < 4.78 is 15.2. The monoisotopic (exact) mass is 400 g/mol. The summed E-state index contributed by atoms with van der Waals surface area (Å²) in [6.45, 7) is 4.25. The molecule has 1 amide bonds. The number of piperazine rings is 1. The first kappa shape index (κ1) is 18.9. The first-order chi connectivity index (χ1) is 13.6. The molecule has 0 atom stereocenters. The molecule has 4 rings (SSSR count). The topological polar surface area (TPSA) is 41.4 Å². The second kappa shape index (κ2) is 8.29. The smallest absolute Gasteiger partial charge is 0.224 e. The second-order valence-electron chi connectivity index (χ2n) is 7.11. The maximum Gasteiger partial charge on any atom is 0.224 e. The lowest BCUT2D eigenvalue weighted by Gasteiger charge is -2.34. The van der Waals surface area contributed by atoms with Gasteiger partial charge in [-0.1, -0.05) is 23.7 Å². The standard InChI is InChI=1S/C21H22ClFN4O/c22-18-4-5-20-17(13-18)14-24-27(20)7-6-21(28)26-10-8-25(9-11-26)15-16-2-1-3-19(23)12-16/h1-5,12-14H,6-11,15H2. The molecule has 146 valence electrons. The predicted molar refractivity (Wildman–Crippen MR) is 108 cm³/mol. The SMILES string of the molecule is O=C(CCn1ncc2cc(Cl)ccc21)N1CCN(Cc2cccc(F)c2)CC1. The van der Waals surface area contributed by atoms with Crippen molar-refractivity contribution in [1.29, 1.82) is 0 Å². The van der Waals surface area contributed by atoms with E-state index in [1.165, 1.54) is 6.07 Å². The molecule has 2 heterocycles. The van der Waals surface area contributed by atoms with Crippen molar-refractivity contribution in [2.45, 2.75) is 19.5 Å². The number of benzene rings is 2. The molecular formula is C21H22ClFN4O. The van der Waals surface area contributed by atoms with E-state index in [-0.39, 0.29) is 11.7 Å². The van der Waals surface area contributed by atoms with Gasteiger partial charge in [0.15, 0.2) is 0 Å². The van der Waals surface area contributed by atoms with E-state index < -0.39 is 0 Å². The Balaban J connectivity index is 1.28. The lowest BCUT2D eigenvalue weighted by Crippen LogP contribution is -2.48. The normalized spacial score (nSPS) is 15.3. The van der Waals surface area contributed by atoms with E-state index >= 15 is 0 Å². The van der Waals surface area contributed by atoms with Gasteiger partial charge in [0.1, 0.15) is 5.82 Å². The van der Waals surface area contributed by atoms with Crippen LogP contribution in [0.1, 0.15) is 12.0 Å². The summed E-state index contributed by atoms with van der Waals surface area (Å²) in [7, 11) is 0. The van der Waals surface area contributed by atoms with Gasteiger partial charge in [-0.05, 0) is 35.9 Å². The van der Waals surface area contributed by atoms with Gasteiger partial charge in [0.25, 0.3) is 0 Å². The van der Waals surface area contributed by atoms with Gasteiger partial charge in [0.2, 0.25) is 5.91 Å². The number of rotatable bonds is 5. The summed E-state index contributed by atoms with van der Waals surface area (Å²) in [4.78, 5) is 16.7. The molecule has 0 N–H and O–H groups in total. The molecule has 1 aliphatic rings. The third kappa shape index (κ3) is 4.34. The molecule has 0 bridgehead atoms. The molecule has 0 saturated carbocycles. The van der Waals surface area contributed by atoms with Crippen LogP contribution in [-0.4, -0.2) is 51.7 Å². The van der Waals surface area contributed by atoms with Gasteiger partial charge >= 0.3 is 0 Å². The van der Waals surface area contributed by atoms with Crippen molar-refractivity contribution in [3.05, 3.63) is 65.1 Å². The van der Waals surface area contributed by atoms with Crippen LogP contribution in [0.2, 0.25) is 5.02 Å². The van der Waals surface area contributed by atoms with Crippen LogP contribution in [0, 0.1) is 5.82 Å². The first-order valence-corrected chi connectivity index (χ1v) is 9.82. The number of halogens is 2. The van der Waals surface area contributed by atoms with Gasteiger partial charge in [-0.15, -0.1) is 0 Å². The number of fused-ring (bicyclic) bond motifs is 1. The van der Waals surface area contributed by atoms with Crippen molar-refractivity contribution < 1.29 is 9.18 Å². The Morgan fingerprint density at radius 1 is 1.11 bits per heavy atom. The van der Waals surface area contributed by atoms with E-state index in [4.69, 9.17) is 11.6 Å². The van der Waals surface area contributed by atoms with Crippen molar-refractivity contribution in [2.75, 3.05) is 26.2 Å². The van der Waals surface area contributed by atoms with E-state index in [0.717, 1.165) is 29.6 Å². The number of nitrogens with zero attached hydrogens (tertiary/aromatic N) is 4. The van der Waals surface area contributed by atoms with Crippen molar-refractivity contribution in [3.63, 3.8) is 0 Å². The minimum Gasteiger partial charge on any atom is -0.340 e. The maximum absolute atomic E-state index is 13.3. The number of amides is 1. The average molecular weight is 401 g/mol. The minimum absolute atomic E-state index is 0.142. The number of carbonyl (C=O) groups excluding carboxylic acids is 1.